The summed E-state index contributed by atoms with van der Waals surface area (Å²) in [5.41, 5.74) is 4.08. The fourth-order valence-corrected chi connectivity index (χ4v) is 4.02. The molecule has 0 unspecified atom stereocenters. The number of pyridine rings is 1. The number of allylic oxidation sites excluding steroid dienone is 4. The van der Waals surface area contributed by atoms with E-state index in [1.807, 2.05) is 24.3 Å². The van der Waals surface area contributed by atoms with E-state index >= 15 is 0 Å². The Labute approximate surface area is 152 Å². The molecule has 1 fully saturated rings. The van der Waals surface area contributed by atoms with Crippen molar-refractivity contribution in [3.8, 4) is 0 Å². The number of hydrogen-bond acceptors (Lipinski definition) is 3. The van der Waals surface area contributed by atoms with Gasteiger partial charge in [0.1, 0.15) is 4.90 Å². The minimum Gasteiger partial charge on any atom is -0.255 e. The Morgan fingerprint density at radius 1 is 1.00 bits per heavy atom. The molecular weight excluding hydrogens is 356 g/mol. The second kappa shape index (κ2) is 5.80. The highest BCUT2D eigenvalue weighted by Crippen LogP contribution is 2.53. The number of rotatable bonds is 3. The lowest BCUT2D eigenvalue weighted by Crippen LogP contribution is -2.22. The normalized spacial score (nSPS) is 18.6. The molecule has 0 radical (unpaired) electrons. The first-order valence-corrected chi connectivity index (χ1v) is 10.0. The van der Waals surface area contributed by atoms with Crippen molar-refractivity contribution in [2.75, 3.05) is 0 Å². The maximum Gasteiger partial charge on any atom is 0.239 e. The summed E-state index contributed by atoms with van der Waals surface area (Å²) in [6.07, 6.45) is 9.36. The molecule has 1 spiro atoms. The molecule has 1 aromatic carbocycles. The molecule has 2 aliphatic rings. The molecule has 0 amide bonds. The second-order valence-corrected chi connectivity index (χ2v) is 8.63. The van der Waals surface area contributed by atoms with E-state index in [-0.39, 0.29) is 10.3 Å². The van der Waals surface area contributed by atoms with E-state index in [0.717, 1.165) is 35.2 Å². The Kier molecular flexibility index (Phi) is 3.83. The van der Waals surface area contributed by atoms with Gasteiger partial charge in [-0.1, -0.05) is 42.3 Å². The molecular formula is C19H17ClN2O2S. The van der Waals surface area contributed by atoms with Crippen LogP contribution in [-0.2, 0) is 10.0 Å². The molecule has 0 aliphatic heterocycles. The number of hydrogen-bond donors (Lipinski definition) is 1. The van der Waals surface area contributed by atoms with E-state index in [2.05, 4.69) is 17.1 Å². The topological polar surface area (TPSA) is 73.1 Å². The summed E-state index contributed by atoms with van der Waals surface area (Å²) >= 11 is 6.01. The summed E-state index contributed by atoms with van der Waals surface area (Å²) < 4.78 is 22.9. The molecule has 2 aliphatic carbocycles. The predicted molar refractivity (Wildman–Crippen MR) is 99.3 cm³/mol. The summed E-state index contributed by atoms with van der Waals surface area (Å²) in [6.45, 7) is 0. The molecule has 6 heteroatoms. The summed E-state index contributed by atoms with van der Waals surface area (Å²) in [6, 6.07) is 11.0. The van der Waals surface area contributed by atoms with Crippen molar-refractivity contribution in [3.05, 3.63) is 71.0 Å². The lowest BCUT2D eigenvalue weighted by molar-refractivity contribution is 0.282. The molecule has 0 bridgehead atoms. The first kappa shape index (κ1) is 16.5. The zero-order chi connectivity index (χ0) is 17.7. The molecule has 2 aromatic rings. The van der Waals surface area contributed by atoms with Gasteiger partial charge in [-0.3, -0.25) is 4.98 Å². The molecule has 1 aromatic heterocycles. The van der Waals surface area contributed by atoms with Gasteiger partial charge in [-0.15, -0.1) is 0 Å². The fourth-order valence-electron chi connectivity index (χ4n) is 3.43. The smallest absolute Gasteiger partial charge is 0.239 e. The quantitative estimate of drug-likeness (QED) is 0.883. The van der Waals surface area contributed by atoms with Gasteiger partial charge in [-0.2, -0.15) is 0 Å². The largest absolute Gasteiger partial charge is 0.255 e. The van der Waals surface area contributed by atoms with E-state index < -0.39 is 10.0 Å². The number of aromatic nitrogens is 1. The second-order valence-electron chi connectivity index (χ2n) is 6.63. The molecule has 4 rings (SSSR count). The SMILES string of the molecule is NS(=O)(=O)c1ccc(C2=CC3(C=C2c2ccc(Cl)cc2)CCC3)nc1. The van der Waals surface area contributed by atoms with Crippen LogP contribution in [0.2, 0.25) is 5.02 Å². The monoisotopic (exact) mass is 372 g/mol. The number of halogens is 1. The van der Waals surface area contributed by atoms with E-state index in [0.29, 0.717) is 5.02 Å². The van der Waals surface area contributed by atoms with Crippen molar-refractivity contribution in [1.82, 2.24) is 4.98 Å². The zero-order valence-electron chi connectivity index (χ0n) is 13.4. The molecule has 1 saturated carbocycles. The standard InChI is InChI=1S/C19H17ClN2O2S/c20-14-4-2-13(3-5-14)16-10-19(8-1-9-19)11-17(16)18-7-6-15(12-22-18)25(21,23)24/h2-7,10-12H,1,8-9H2,(H2,21,23,24). The van der Waals surface area contributed by atoms with Gasteiger partial charge in [0.15, 0.2) is 0 Å². The first-order valence-electron chi connectivity index (χ1n) is 8.08. The van der Waals surface area contributed by atoms with Gasteiger partial charge >= 0.3 is 0 Å². The average molecular weight is 373 g/mol. The van der Waals surface area contributed by atoms with Crippen LogP contribution in [0, 0.1) is 5.41 Å². The molecule has 4 nitrogen and oxygen atoms in total. The van der Waals surface area contributed by atoms with E-state index in [1.165, 1.54) is 18.7 Å². The maximum atomic E-state index is 11.4. The van der Waals surface area contributed by atoms with Crippen LogP contribution in [0.25, 0.3) is 11.1 Å². The van der Waals surface area contributed by atoms with Gasteiger partial charge in [0.2, 0.25) is 10.0 Å². The Morgan fingerprint density at radius 3 is 2.20 bits per heavy atom. The van der Waals surface area contributed by atoms with Crippen molar-refractivity contribution in [1.29, 1.82) is 0 Å². The molecule has 2 N–H and O–H groups in total. The van der Waals surface area contributed by atoms with E-state index in [4.69, 9.17) is 16.7 Å². The lowest BCUT2D eigenvalue weighted by atomic mass is 9.70. The highest BCUT2D eigenvalue weighted by atomic mass is 35.5. The number of primary sulfonamides is 1. The van der Waals surface area contributed by atoms with Crippen LogP contribution in [0.3, 0.4) is 0 Å². The molecule has 25 heavy (non-hydrogen) atoms. The highest BCUT2D eigenvalue weighted by molar-refractivity contribution is 7.89. The zero-order valence-corrected chi connectivity index (χ0v) is 15.0. The van der Waals surface area contributed by atoms with Crippen LogP contribution in [0.5, 0.6) is 0 Å². The van der Waals surface area contributed by atoms with Gasteiger partial charge in [-0.25, -0.2) is 13.6 Å². The first-order chi connectivity index (χ1) is 11.9. The van der Waals surface area contributed by atoms with Crippen molar-refractivity contribution in [2.45, 2.75) is 24.2 Å². The number of benzene rings is 1. The van der Waals surface area contributed by atoms with Crippen molar-refractivity contribution in [2.24, 2.45) is 10.6 Å². The van der Waals surface area contributed by atoms with Crippen molar-refractivity contribution >= 4 is 32.8 Å². The number of nitrogens with zero attached hydrogens (tertiary/aromatic N) is 1. The van der Waals surface area contributed by atoms with Crippen LogP contribution < -0.4 is 5.14 Å². The Morgan fingerprint density at radius 2 is 1.68 bits per heavy atom. The molecule has 128 valence electrons. The number of sulfonamides is 1. The summed E-state index contributed by atoms with van der Waals surface area (Å²) in [7, 11) is -3.74. The number of nitrogens with two attached hydrogens (primary N) is 1. The Balaban J connectivity index is 1.77. The van der Waals surface area contributed by atoms with E-state index in [9.17, 15) is 8.42 Å². The summed E-state index contributed by atoms with van der Waals surface area (Å²) in [5.74, 6) is 0. The third-order valence-corrected chi connectivity index (χ3v) is 6.08. The highest BCUT2D eigenvalue weighted by Gasteiger charge is 2.38. The minimum atomic E-state index is -3.74. The maximum absolute atomic E-state index is 11.4. The fraction of sp³-hybridized carbons (Fsp3) is 0.211. The molecule has 0 atom stereocenters. The summed E-state index contributed by atoms with van der Waals surface area (Å²) in [4.78, 5) is 4.37. The van der Waals surface area contributed by atoms with Crippen LogP contribution >= 0.6 is 11.6 Å². The van der Waals surface area contributed by atoms with Crippen LogP contribution in [0.15, 0.2) is 59.6 Å². The Bertz CT molecular complexity index is 987. The van der Waals surface area contributed by atoms with E-state index in [1.54, 1.807) is 6.07 Å². The molecule has 0 saturated heterocycles. The third-order valence-electron chi connectivity index (χ3n) is 4.93. The van der Waals surface area contributed by atoms with Gasteiger partial charge in [0, 0.05) is 22.2 Å². The minimum absolute atomic E-state index is 0.0187. The van der Waals surface area contributed by atoms with Gasteiger partial charge in [0.25, 0.3) is 0 Å². The van der Waals surface area contributed by atoms with Crippen LogP contribution in [-0.4, -0.2) is 13.4 Å². The van der Waals surface area contributed by atoms with Crippen molar-refractivity contribution in [3.63, 3.8) is 0 Å². The van der Waals surface area contributed by atoms with Crippen LogP contribution in [0.1, 0.15) is 30.5 Å². The Hall–Kier alpha value is -1.95. The average Bonchev–Trinajstić information content (AvgIpc) is 2.96. The predicted octanol–water partition coefficient (Wildman–Crippen LogP) is 4.03. The lowest BCUT2D eigenvalue weighted by Gasteiger charge is -2.34. The van der Waals surface area contributed by atoms with Crippen molar-refractivity contribution < 1.29 is 8.42 Å². The van der Waals surface area contributed by atoms with Gasteiger partial charge in [0.05, 0.1) is 5.69 Å². The van der Waals surface area contributed by atoms with Gasteiger partial charge in [-0.05, 0) is 48.2 Å². The molecule has 1 heterocycles. The summed E-state index contributed by atoms with van der Waals surface area (Å²) in [5, 5.41) is 5.86. The van der Waals surface area contributed by atoms with Crippen LogP contribution in [0.4, 0.5) is 0 Å². The van der Waals surface area contributed by atoms with Gasteiger partial charge < -0.3 is 0 Å². The third kappa shape index (κ3) is 3.03.